The van der Waals surface area contributed by atoms with Crippen molar-refractivity contribution in [3.8, 4) is 0 Å². The van der Waals surface area contributed by atoms with E-state index < -0.39 is 0 Å². The fourth-order valence-electron chi connectivity index (χ4n) is 1.22. The predicted octanol–water partition coefficient (Wildman–Crippen LogP) is 1.18. The molecule has 3 heteroatoms. The van der Waals surface area contributed by atoms with E-state index in [9.17, 15) is 4.79 Å². The minimum absolute atomic E-state index is 0.0198. The maximum absolute atomic E-state index is 11.1. The number of nitrogens with one attached hydrogen (secondary N) is 1. The minimum atomic E-state index is 0.0198. The minimum Gasteiger partial charge on any atom is -0.465 e. The molecule has 1 aliphatic rings. The van der Waals surface area contributed by atoms with Gasteiger partial charge in [0.2, 0.25) is 5.91 Å². The summed E-state index contributed by atoms with van der Waals surface area (Å²) < 4.78 is 5.09. The quantitative estimate of drug-likeness (QED) is 0.632. The van der Waals surface area contributed by atoms with Gasteiger partial charge in [0, 0.05) is 12.1 Å². The molecular weight excluding hydrogens is 154 g/mol. The molecule has 0 radical (unpaired) electrons. The first-order valence-electron chi connectivity index (χ1n) is 3.88. The summed E-state index contributed by atoms with van der Waals surface area (Å²) >= 11 is 0. The Bertz CT molecular complexity index is 311. The van der Waals surface area contributed by atoms with E-state index in [4.69, 9.17) is 4.42 Å². The number of amides is 1. The Balaban J connectivity index is 2.23. The van der Waals surface area contributed by atoms with E-state index in [1.807, 2.05) is 6.07 Å². The highest BCUT2D eigenvalue weighted by molar-refractivity contribution is 5.99. The number of carbonyl (C=O) groups is 1. The zero-order chi connectivity index (χ0) is 8.39. The molecule has 1 aliphatic heterocycles. The van der Waals surface area contributed by atoms with Gasteiger partial charge in [-0.1, -0.05) is 0 Å². The van der Waals surface area contributed by atoms with Gasteiger partial charge in [0.05, 0.1) is 6.26 Å². The molecule has 1 aromatic rings. The summed E-state index contributed by atoms with van der Waals surface area (Å²) in [7, 11) is 0. The maximum Gasteiger partial charge on any atom is 0.247 e. The van der Waals surface area contributed by atoms with Gasteiger partial charge in [-0.25, -0.2) is 0 Å². The molecule has 2 heterocycles. The lowest BCUT2D eigenvalue weighted by atomic mass is 10.2. The normalized spacial score (nSPS) is 20.0. The van der Waals surface area contributed by atoms with Crippen LogP contribution in [0.5, 0.6) is 0 Å². The molecule has 1 aromatic heterocycles. The molecule has 0 aromatic carbocycles. The summed E-state index contributed by atoms with van der Waals surface area (Å²) in [5, 5.41) is 2.73. The average molecular weight is 163 g/mol. The SMILES string of the molecule is O=C1NCC/C1=C/c1ccco1. The van der Waals surface area contributed by atoms with Crippen molar-refractivity contribution in [1.82, 2.24) is 5.32 Å². The molecule has 0 saturated carbocycles. The average Bonchev–Trinajstić information content (AvgIpc) is 2.65. The molecule has 2 rings (SSSR count). The highest BCUT2D eigenvalue weighted by Gasteiger charge is 2.15. The van der Waals surface area contributed by atoms with Crippen LogP contribution in [-0.2, 0) is 4.79 Å². The lowest BCUT2D eigenvalue weighted by Crippen LogP contribution is -2.13. The topological polar surface area (TPSA) is 42.2 Å². The van der Waals surface area contributed by atoms with E-state index in [0.717, 1.165) is 24.3 Å². The van der Waals surface area contributed by atoms with Crippen molar-refractivity contribution >= 4 is 12.0 Å². The summed E-state index contributed by atoms with van der Waals surface area (Å²) in [6.07, 6.45) is 4.17. The molecule has 1 saturated heterocycles. The summed E-state index contributed by atoms with van der Waals surface area (Å²) in [5.74, 6) is 0.758. The Labute approximate surface area is 70.1 Å². The zero-order valence-corrected chi connectivity index (χ0v) is 6.54. The van der Waals surface area contributed by atoms with Gasteiger partial charge in [0.25, 0.3) is 0 Å². The van der Waals surface area contributed by atoms with Crippen LogP contribution >= 0.6 is 0 Å². The molecule has 62 valence electrons. The molecular formula is C9H9NO2. The lowest BCUT2D eigenvalue weighted by Gasteiger charge is -1.89. The summed E-state index contributed by atoms with van der Waals surface area (Å²) in [5.41, 5.74) is 0.796. The molecule has 1 amide bonds. The largest absolute Gasteiger partial charge is 0.465 e. The monoisotopic (exact) mass is 163 g/mol. The number of furan rings is 1. The first-order chi connectivity index (χ1) is 5.86. The second-order valence-corrected chi connectivity index (χ2v) is 2.69. The molecule has 0 unspecified atom stereocenters. The van der Waals surface area contributed by atoms with E-state index in [1.54, 1.807) is 18.4 Å². The van der Waals surface area contributed by atoms with Crippen molar-refractivity contribution in [2.24, 2.45) is 0 Å². The van der Waals surface area contributed by atoms with Crippen LogP contribution in [0.25, 0.3) is 6.08 Å². The second-order valence-electron chi connectivity index (χ2n) is 2.69. The molecule has 3 nitrogen and oxygen atoms in total. The van der Waals surface area contributed by atoms with Gasteiger partial charge in [0.15, 0.2) is 0 Å². The first-order valence-corrected chi connectivity index (χ1v) is 3.88. The molecule has 1 fully saturated rings. The Morgan fingerprint density at radius 1 is 1.58 bits per heavy atom. The fraction of sp³-hybridized carbons (Fsp3) is 0.222. The van der Waals surface area contributed by atoms with Crippen LogP contribution in [-0.4, -0.2) is 12.5 Å². The highest BCUT2D eigenvalue weighted by atomic mass is 16.3. The maximum atomic E-state index is 11.1. The summed E-state index contributed by atoms with van der Waals surface area (Å²) in [4.78, 5) is 11.1. The van der Waals surface area contributed by atoms with E-state index in [1.165, 1.54) is 0 Å². The van der Waals surface area contributed by atoms with E-state index in [0.29, 0.717) is 0 Å². The predicted molar refractivity (Wildman–Crippen MR) is 44.3 cm³/mol. The van der Waals surface area contributed by atoms with Crippen LogP contribution in [0.1, 0.15) is 12.2 Å². The van der Waals surface area contributed by atoms with Crippen molar-refractivity contribution in [2.45, 2.75) is 6.42 Å². The molecule has 0 bridgehead atoms. The number of carbonyl (C=O) groups excluding carboxylic acids is 1. The smallest absolute Gasteiger partial charge is 0.247 e. The van der Waals surface area contributed by atoms with Gasteiger partial charge in [0.1, 0.15) is 5.76 Å². The van der Waals surface area contributed by atoms with Crippen molar-refractivity contribution in [3.63, 3.8) is 0 Å². The van der Waals surface area contributed by atoms with Crippen LogP contribution in [0.4, 0.5) is 0 Å². The molecule has 0 spiro atoms. The number of hydrogen-bond donors (Lipinski definition) is 1. The zero-order valence-electron chi connectivity index (χ0n) is 6.54. The Morgan fingerprint density at radius 3 is 3.08 bits per heavy atom. The summed E-state index contributed by atoms with van der Waals surface area (Å²) in [6, 6.07) is 3.64. The van der Waals surface area contributed by atoms with Gasteiger partial charge in [-0.15, -0.1) is 0 Å². The van der Waals surface area contributed by atoms with Gasteiger partial charge >= 0.3 is 0 Å². The Hall–Kier alpha value is -1.51. The van der Waals surface area contributed by atoms with Crippen LogP contribution in [0.15, 0.2) is 28.4 Å². The third-order valence-corrected chi connectivity index (χ3v) is 1.83. The van der Waals surface area contributed by atoms with Crippen LogP contribution in [0, 0.1) is 0 Å². The third kappa shape index (κ3) is 1.25. The van der Waals surface area contributed by atoms with Crippen molar-refractivity contribution < 1.29 is 9.21 Å². The van der Waals surface area contributed by atoms with E-state index >= 15 is 0 Å². The van der Waals surface area contributed by atoms with Crippen LogP contribution in [0.3, 0.4) is 0 Å². The van der Waals surface area contributed by atoms with Gasteiger partial charge in [-0.05, 0) is 24.6 Å². The van der Waals surface area contributed by atoms with Crippen molar-refractivity contribution in [2.75, 3.05) is 6.54 Å². The van der Waals surface area contributed by atoms with Crippen LogP contribution in [0.2, 0.25) is 0 Å². The Morgan fingerprint density at radius 2 is 2.50 bits per heavy atom. The lowest BCUT2D eigenvalue weighted by molar-refractivity contribution is -0.116. The van der Waals surface area contributed by atoms with Crippen molar-refractivity contribution in [1.29, 1.82) is 0 Å². The summed E-state index contributed by atoms with van der Waals surface area (Å²) in [6.45, 7) is 0.741. The highest BCUT2D eigenvalue weighted by Crippen LogP contribution is 2.13. The van der Waals surface area contributed by atoms with Crippen molar-refractivity contribution in [3.05, 3.63) is 29.7 Å². The van der Waals surface area contributed by atoms with Gasteiger partial charge < -0.3 is 9.73 Å². The van der Waals surface area contributed by atoms with Gasteiger partial charge in [-0.3, -0.25) is 4.79 Å². The first kappa shape index (κ1) is 7.16. The standard InChI is InChI=1S/C9H9NO2/c11-9-7(3-4-10-9)6-8-2-1-5-12-8/h1-2,5-6H,3-4H2,(H,10,11)/b7-6-. The molecule has 12 heavy (non-hydrogen) atoms. The second kappa shape index (κ2) is 2.85. The van der Waals surface area contributed by atoms with E-state index in [2.05, 4.69) is 5.32 Å². The molecule has 1 N–H and O–H groups in total. The van der Waals surface area contributed by atoms with Gasteiger partial charge in [-0.2, -0.15) is 0 Å². The van der Waals surface area contributed by atoms with Crippen LogP contribution < -0.4 is 5.32 Å². The third-order valence-electron chi connectivity index (χ3n) is 1.83. The fourth-order valence-corrected chi connectivity index (χ4v) is 1.22. The number of hydrogen-bond acceptors (Lipinski definition) is 2. The number of rotatable bonds is 1. The Kier molecular flexibility index (Phi) is 1.70. The molecule has 0 atom stereocenters. The van der Waals surface area contributed by atoms with E-state index in [-0.39, 0.29) is 5.91 Å². The molecule has 0 aliphatic carbocycles.